The van der Waals surface area contributed by atoms with Crippen LogP contribution in [0.2, 0.25) is 0 Å². The van der Waals surface area contributed by atoms with Crippen LogP contribution in [0.1, 0.15) is 246 Å². The Morgan fingerprint density at radius 2 is 0.815 bits per heavy atom. The van der Waals surface area contributed by atoms with E-state index in [9.17, 15) is 4.79 Å². The molecule has 0 rings (SSSR count). The van der Waals surface area contributed by atoms with Gasteiger partial charge in [0.2, 0.25) is 5.91 Å². The van der Waals surface area contributed by atoms with Crippen molar-refractivity contribution in [2.45, 2.75) is 252 Å². The fourth-order valence-electron chi connectivity index (χ4n) is 7.85. The minimum absolute atomic E-state index is 0.205. The lowest BCUT2D eigenvalue weighted by Crippen LogP contribution is -2.45. The lowest BCUT2D eigenvalue weighted by atomic mass is 9.93. The zero-order chi connectivity index (χ0) is 39.6. The molecule has 0 bridgehead atoms. The predicted octanol–water partition coefficient (Wildman–Crippen LogP) is 16.4. The lowest BCUT2D eigenvalue weighted by Gasteiger charge is -2.35. The van der Waals surface area contributed by atoms with Gasteiger partial charge in [0.1, 0.15) is 0 Å². The van der Waals surface area contributed by atoms with Gasteiger partial charge >= 0.3 is 0 Å². The molecule has 54 heavy (non-hydrogen) atoms. The number of carbonyl (C=O) groups is 1. The maximum Gasteiger partial charge on any atom is 0.225 e. The Labute approximate surface area is 341 Å². The average molecular weight is 755 g/mol. The first kappa shape index (κ1) is 52.6. The Hall–Kier alpha value is -1.35. The van der Waals surface area contributed by atoms with Crippen LogP contribution in [0.3, 0.4) is 0 Å². The molecule has 318 valence electrons. The maximum absolute atomic E-state index is 14.2. The number of rotatable bonds is 42. The van der Waals surface area contributed by atoms with Gasteiger partial charge in [-0.1, -0.05) is 199 Å². The summed E-state index contributed by atoms with van der Waals surface area (Å²) in [4.78, 5) is 18.9. The van der Waals surface area contributed by atoms with Gasteiger partial charge < -0.3 is 9.80 Å². The number of carbonyl (C=O) groups excluding carboxylic acids is 1. The van der Waals surface area contributed by atoms with Crippen molar-refractivity contribution in [3.63, 3.8) is 0 Å². The van der Waals surface area contributed by atoms with Gasteiger partial charge in [-0.2, -0.15) is 0 Å². The van der Waals surface area contributed by atoms with E-state index in [1.54, 1.807) is 0 Å². The molecule has 2 atom stereocenters. The summed E-state index contributed by atoms with van der Waals surface area (Å²) in [6, 6.07) is 0.423. The van der Waals surface area contributed by atoms with E-state index in [1.165, 1.54) is 193 Å². The third-order valence-electron chi connectivity index (χ3n) is 11.5. The minimum Gasteiger partial charge on any atom is -0.339 e. The molecule has 0 saturated heterocycles. The molecule has 0 aromatic heterocycles. The van der Waals surface area contributed by atoms with Gasteiger partial charge in [0.25, 0.3) is 0 Å². The van der Waals surface area contributed by atoms with E-state index >= 15 is 0 Å². The summed E-state index contributed by atoms with van der Waals surface area (Å²) in [6.45, 7) is 11.1. The molecule has 1 amide bonds. The second-order valence-corrected chi connectivity index (χ2v) is 17.0. The molecule has 0 aromatic rings. The predicted molar refractivity (Wildman–Crippen MR) is 245 cm³/mol. The molecule has 0 saturated carbocycles. The third-order valence-corrected chi connectivity index (χ3v) is 11.5. The summed E-state index contributed by atoms with van der Waals surface area (Å²) in [5, 5.41) is 0. The van der Waals surface area contributed by atoms with E-state index in [-0.39, 0.29) is 5.92 Å². The van der Waals surface area contributed by atoms with E-state index < -0.39 is 0 Å². The average Bonchev–Trinajstić information content (AvgIpc) is 3.17. The van der Waals surface area contributed by atoms with Crippen molar-refractivity contribution < 1.29 is 4.79 Å². The summed E-state index contributed by atoms with van der Waals surface area (Å²) in [7, 11) is 4.34. The molecule has 0 fully saturated rings. The van der Waals surface area contributed by atoms with E-state index in [4.69, 9.17) is 0 Å². The third kappa shape index (κ3) is 35.1. The Morgan fingerprint density at radius 1 is 0.426 bits per heavy atom. The van der Waals surface area contributed by atoms with Gasteiger partial charge in [-0.25, -0.2) is 0 Å². The highest BCUT2D eigenvalue weighted by Crippen LogP contribution is 2.25. The molecule has 3 nitrogen and oxygen atoms in total. The van der Waals surface area contributed by atoms with Crippen molar-refractivity contribution in [1.29, 1.82) is 0 Å². The summed E-state index contributed by atoms with van der Waals surface area (Å²) >= 11 is 0. The summed E-state index contributed by atoms with van der Waals surface area (Å²) in [5.41, 5.74) is 0. The topological polar surface area (TPSA) is 23.6 Å². The largest absolute Gasteiger partial charge is 0.339 e. The minimum atomic E-state index is 0.205. The first-order valence-electron chi connectivity index (χ1n) is 24.4. The van der Waals surface area contributed by atoms with Gasteiger partial charge in [-0.3, -0.25) is 4.79 Å². The summed E-state index contributed by atoms with van der Waals surface area (Å²) in [5.74, 6) is 0.682. The fraction of sp³-hybridized carbons (Fsp3) is 0.863. The number of hydrogen-bond acceptors (Lipinski definition) is 2. The molecule has 0 N–H and O–H groups in total. The molecule has 0 aliphatic carbocycles. The quantitative estimate of drug-likeness (QED) is 0.0458. The Morgan fingerprint density at radius 3 is 1.28 bits per heavy atom. The molecule has 3 heteroatoms. The first-order chi connectivity index (χ1) is 26.5. The molecule has 0 aliphatic rings. The SMILES string of the molecule is CCCC/C=C\C/C=C\CCCCCCCCC(CCCCCCCCCCCC/C=C\CCCCC)N(CCCN(C)C)C(=O)C(CC)CCCCC. The van der Waals surface area contributed by atoms with Gasteiger partial charge in [-0.05, 0) is 104 Å². The van der Waals surface area contributed by atoms with Crippen molar-refractivity contribution in [1.82, 2.24) is 9.80 Å². The van der Waals surface area contributed by atoms with Crippen LogP contribution in [-0.4, -0.2) is 48.9 Å². The standard InChI is InChI=1S/C51H98N2O/c1-7-11-14-16-18-20-22-24-26-27-29-31-33-35-37-39-42-46-50(45-41-38-36-34-32-30-28-25-23-21-19-17-15-12-8-2)53(48-43-47-52(5)6)51(54)49(10-4)44-40-13-9-3/h17-20,23,25,49-50H,7-16,21-22,24,26-48H2,1-6H3/b19-17-,20-18-,25-23-. The van der Waals surface area contributed by atoms with E-state index in [1.807, 2.05) is 0 Å². The highest BCUT2D eigenvalue weighted by Gasteiger charge is 2.28. The van der Waals surface area contributed by atoms with Crippen LogP contribution < -0.4 is 0 Å². The van der Waals surface area contributed by atoms with Gasteiger partial charge in [0.15, 0.2) is 0 Å². The maximum atomic E-state index is 14.2. The molecule has 0 aliphatic heterocycles. The number of nitrogens with zero attached hydrogens (tertiary/aromatic N) is 2. The fourth-order valence-corrected chi connectivity index (χ4v) is 7.85. The van der Waals surface area contributed by atoms with E-state index in [2.05, 4.69) is 88.0 Å². The van der Waals surface area contributed by atoms with Gasteiger partial charge in [-0.15, -0.1) is 0 Å². The Bertz CT molecular complexity index is 844. The smallest absolute Gasteiger partial charge is 0.225 e. The van der Waals surface area contributed by atoms with Crippen molar-refractivity contribution >= 4 is 5.91 Å². The lowest BCUT2D eigenvalue weighted by molar-refractivity contribution is -0.139. The summed E-state index contributed by atoms with van der Waals surface area (Å²) in [6.07, 6.45) is 57.9. The van der Waals surface area contributed by atoms with Crippen LogP contribution in [-0.2, 0) is 4.79 Å². The van der Waals surface area contributed by atoms with Crippen molar-refractivity contribution in [3.05, 3.63) is 36.5 Å². The molecular formula is C51H98N2O. The van der Waals surface area contributed by atoms with Crippen LogP contribution in [0.5, 0.6) is 0 Å². The highest BCUT2D eigenvalue weighted by atomic mass is 16.2. The van der Waals surface area contributed by atoms with Crippen LogP contribution in [0.15, 0.2) is 36.5 Å². The van der Waals surface area contributed by atoms with Crippen molar-refractivity contribution in [2.75, 3.05) is 27.2 Å². The number of amides is 1. The van der Waals surface area contributed by atoms with Gasteiger partial charge in [0.05, 0.1) is 0 Å². The van der Waals surface area contributed by atoms with E-state index in [0.717, 1.165) is 38.8 Å². The van der Waals surface area contributed by atoms with E-state index in [0.29, 0.717) is 11.9 Å². The molecule has 0 aromatic carbocycles. The highest BCUT2D eigenvalue weighted by molar-refractivity contribution is 5.79. The van der Waals surface area contributed by atoms with Crippen LogP contribution in [0.4, 0.5) is 0 Å². The number of unbranched alkanes of at least 4 members (excludes halogenated alkanes) is 23. The zero-order valence-electron chi connectivity index (χ0n) is 37.9. The number of hydrogen-bond donors (Lipinski definition) is 0. The summed E-state index contributed by atoms with van der Waals surface area (Å²) < 4.78 is 0. The molecular weight excluding hydrogens is 657 g/mol. The van der Waals surface area contributed by atoms with Crippen LogP contribution in [0, 0.1) is 5.92 Å². The monoisotopic (exact) mass is 755 g/mol. The Kier molecular flexibility index (Phi) is 41.7. The van der Waals surface area contributed by atoms with Crippen LogP contribution >= 0.6 is 0 Å². The van der Waals surface area contributed by atoms with Crippen LogP contribution in [0.25, 0.3) is 0 Å². The van der Waals surface area contributed by atoms with Gasteiger partial charge in [0, 0.05) is 18.5 Å². The molecule has 2 unspecified atom stereocenters. The zero-order valence-corrected chi connectivity index (χ0v) is 37.9. The first-order valence-corrected chi connectivity index (χ1v) is 24.4. The molecule has 0 radical (unpaired) electrons. The molecule has 0 heterocycles. The molecule has 0 spiro atoms. The van der Waals surface area contributed by atoms with Crippen molar-refractivity contribution in [2.24, 2.45) is 5.92 Å². The normalized spacial score (nSPS) is 13.3. The number of allylic oxidation sites excluding steroid dienone is 6. The second kappa shape index (κ2) is 42.8. The second-order valence-electron chi connectivity index (χ2n) is 17.0. The van der Waals surface area contributed by atoms with Crippen molar-refractivity contribution in [3.8, 4) is 0 Å². The Balaban J connectivity index is 4.79.